The van der Waals surface area contributed by atoms with E-state index in [0.717, 1.165) is 15.7 Å². The lowest BCUT2D eigenvalue weighted by Gasteiger charge is -2.17. The first-order valence-corrected chi connectivity index (χ1v) is 7.33. The minimum atomic E-state index is -0.266. The van der Waals surface area contributed by atoms with E-state index in [0.29, 0.717) is 5.11 Å². The molecule has 2 nitrogen and oxygen atoms in total. The van der Waals surface area contributed by atoms with E-state index < -0.39 is 0 Å². The number of thiocarbonyl (C=S) groups is 1. The fourth-order valence-electron chi connectivity index (χ4n) is 1.73. The lowest BCUT2D eigenvalue weighted by Crippen LogP contribution is -2.30. The molecule has 0 aliphatic carbocycles. The van der Waals surface area contributed by atoms with Crippen molar-refractivity contribution in [2.45, 2.75) is 13.0 Å². The van der Waals surface area contributed by atoms with E-state index in [2.05, 4.69) is 26.6 Å². The van der Waals surface area contributed by atoms with Gasteiger partial charge in [-0.3, -0.25) is 0 Å². The summed E-state index contributed by atoms with van der Waals surface area (Å²) in [6, 6.07) is 14.2. The minimum absolute atomic E-state index is 0.0866. The van der Waals surface area contributed by atoms with E-state index in [1.165, 1.54) is 12.1 Å². The molecule has 5 heteroatoms. The Morgan fingerprint density at radius 3 is 2.30 bits per heavy atom. The Kier molecular flexibility index (Phi) is 5.09. The summed E-state index contributed by atoms with van der Waals surface area (Å²) in [4.78, 5) is 0. The molecule has 0 radical (unpaired) electrons. The highest BCUT2D eigenvalue weighted by molar-refractivity contribution is 9.10. The molecule has 0 aromatic heterocycles. The number of rotatable bonds is 3. The summed E-state index contributed by atoms with van der Waals surface area (Å²) < 4.78 is 13.9. The van der Waals surface area contributed by atoms with Crippen molar-refractivity contribution >= 4 is 38.9 Å². The van der Waals surface area contributed by atoms with Crippen LogP contribution in [0.4, 0.5) is 10.1 Å². The molecule has 0 spiro atoms. The maximum Gasteiger partial charge on any atom is 0.171 e. The maximum atomic E-state index is 12.8. The van der Waals surface area contributed by atoms with Crippen molar-refractivity contribution < 1.29 is 4.39 Å². The Labute approximate surface area is 131 Å². The first-order valence-electron chi connectivity index (χ1n) is 6.13. The van der Waals surface area contributed by atoms with Gasteiger partial charge in [0.25, 0.3) is 0 Å². The van der Waals surface area contributed by atoms with E-state index in [4.69, 9.17) is 12.2 Å². The number of nitrogens with one attached hydrogen (secondary N) is 2. The topological polar surface area (TPSA) is 24.1 Å². The van der Waals surface area contributed by atoms with Crippen LogP contribution in [-0.2, 0) is 0 Å². The molecule has 2 rings (SSSR count). The SMILES string of the molecule is C[C@H](NC(=S)Nc1ccc(F)cc1)c1ccc(Br)cc1. The maximum absolute atomic E-state index is 12.8. The molecule has 2 N–H and O–H groups in total. The van der Waals surface area contributed by atoms with E-state index in [1.54, 1.807) is 12.1 Å². The Hall–Kier alpha value is -1.46. The highest BCUT2D eigenvalue weighted by atomic mass is 79.9. The molecule has 0 aliphatic rings. The summed E-state index contributed by atoms with van der Waals surface area (Å²) in [6.45, 7) is 2.03. The lowest BCUT2D eigenvalue weighted by atomic mass is 10.1. The van der Waals surface area contributed by atoms with E-state index in [-0.39, 0.29) is 11.9 Å². The first kappa shape index (κ1) is 14.9. The average Bonchev–Trinajstić information content (AvgIpc) is 2.42. The largest absolute Gasteiger partial charge is 0.356 e. The van der Waals surface area contributed by atoms with E-state index >= 15 is 0 Å². The number of hydrogen-bond acceptors (Lipinski definition) is 1. The van der Waals surface area contributed by atoms with Crippen molar-refractivity contribution in [3.8, 4) is 0 Å². The number of anilines is 1. The van der Waals surface area contributed by atoms with Gasteiger partial charge in [-0.2, -0.15) is 0 Å². The van der Waals surface area contributed by atoms with Crippen molar-refractivity contribution in [2.24, 2.45) is 0 Å². The normalized spacial score (nSPS) is 11.8. The summed E-state index contributed by atoms with van der Waals surface area (Å²) in [5.41, 5.74) is 1.89. The van der Waals surface area contributed by atoms with Crippen molar-refractivity contribution in [3.63, 3.8) is 0 Å². The van der Waals surface area contributed by atoms with Gasteiger partial charge in [0.05, 0.1) is 6.04 Å². The Bertz CT molecular complexity index is 584. The third kappa shape index (κ3) is 4.28. The zero-order valence-electron chi connectivity index (χ0n) is 10.9. The Morgan fingerprint density at radius 2 is 1.70 bits per heavy atom. The van der Waals surface area contributed by atoms with Gasteiger partial charge in [0, 0.05) is 10.2 Å². The minimum Gasteiger partial charge on any atom is -0.356 e. The van der Waals surface area contributed by atoms with Crippen LogP contribution >= 0.6 is 28.1 Å². The quantitative estimate of drug-likeness (QED) is 0.787. The van der Waals surface area contributed by atoms with E-state index in [9.17, 15) is 4.39 Å². The van der Waals surface area contributed by atoms with Gasteiger partial charge < -0.3 is 10.6 Å². The van der Waals surface area contributed by atoms with Gasteiger partial charge in [0.15, 0.2) is 5.11 Å². The van der Waals surface area contributed by atoms with Crippen LogP contribution in [0.15, 0.2) is 53.0 Å². The summed E-state index contributed by atoms with van der Waals surface area (Å²) in [5, 5.41) is 6.72. The van der Waals surface area contributed by atoms with Crippen LogP contribution in [0.25, 0.3) is 0 Å². The standard InChI is InChI=1S/C15H14BrFN2S/c1-10(11-2-4-12(16)5-3-11)18-15(20)19-14-8-6-13(17)7-9-14/h2-10H,1H3,(H2,18,19,20)/t10-/m0/s1. The van der Waals surface area contributed by atoms with Crippen LogP contribution in [0.2, 0.25) is 0 Å². The Morgan fingerprint density at radius 1 is 1.10 bits per heavy atom. The highest BCUT2D eigenvalue weighted by Crippen LogP contribution is 2.17. The van der Waals surface area contributed by atoms with Crippen molar-refractivity contribution in [1.29, 1.82) is 0 Å². The van der Waals surface area contributed by atoms with Crippen molar-refractivity contribution in [2.75, 3.05) is 5.32 Å². The molecule has 0 bridgehead atoms. The third-order valence-corrected chi connectivity index (χ3v) is 3.57. The smallest absolute Gasteiger partial charge is 0.171 e. The highest BCUT2D eigenvalue weighted by Gasteiger charge is 2.07. The van der Waals surface area contributed by atoms with Crippen molar-refractivity contribution in [1.82, 2.24) is 5.32 Å². The second kappa shape index (κ2) is 6.81. The Balaban J connectivity index is 1.93. The zero-order chi connectivity index (χ0) is 14.5. The van der Waals surface area contributed by atoms with Crippen LogP contribution in [0.3, 0.4) is 0 Å². The second-order valence-corrected chi connectivity index (χ2v) is 5.70. The summed E-state index contributed by atoms with van der Waals surface area (Å²) >= 11 is 8.65. The van der Waals surface area contributed by atoms with Gasteiger partial charge in [-0.1, -0.05) is 28.1 Å². The van der Waals surface area contributed by atoms with Crippen LogP contribution < -0.4 is 10.6 Å². The van der Waals surface area contributed by atoms with Crippen molar-refractivity contribution in [3.05, 3.63) is 64.4 Å². The fourth-order valence-corrected chi connectivity index (χ4v) is 2.29. The summed E-state index contributed by atoms with van der Waals surface area (Å²) in [7, 11) is 0. The average molecular weight is 353 g/mol. The molecule has 20 heavy (non-hydrogen) atoms. The van der Waals surface area contributed by atoms with Gasteiger partial charge in [-0.25, -0.2) is 4.39 Å². The molecule has 1 atom stereocenters. The van der Waals surface area contributed by atoms with Crippen LogP contribution in [0.5, 0.6) is 0 Å². The molecular formula is C15H14BrFN2S. The molecule has 0 heterocycles. The molecule has 2 aromatic rings. The molecule has 0 aliphatic heterocycles. The molecule has 0 saturated carbocycles. The molecule has 104 valence electrons. The number of benzene rings is 2. The van der Waals surface area contributed by atoms with Gasteiger partial charge in [-0.15, -0.1) is 0 Å². The monoisotopic (exact) mass is 352 g/mol. The lowest BCUT2D eigenvalue weighted by molar-refractivity contribution is 0.628. The van der Waals surface area contributed by atoms with Crippen LogP contribution in [-0.4, -0.2) is 5.11 Å². The van der Waals surface area contributed by atoms with E-state index in [1.807, 2.05) is 31.2 Å². The molecule has 0 fully saturated rings. The molecular weight excluding hydrogens is 339 g/mol. The number of hydrogen-bond donors (Lipinski definition) is 2. The molecule has 2 aromatic carbocycles. The third-order valence-electron chi connectivity index (χ3n) is 2.82. The van der Waals surface area contributed by atoms with Crippen LogP contribution in [0.1, 0.15) is 18.5 Å². The predicted octanol–water partition coefficient (Wildman–Crippen LogP) is 4.64. The second-order valence-electron chi connectivity index (χ2n) is 4.38. The molecule has 0 unspecified atom stereocenters. The van der Waals surface area contributed by atoms with Gasteiger partial charge in [-0.05, 0) is 61.1 Å². The molecule has 0 amide bonds. The van der Waals surface area contributed by atoms with Gasteiger partial charge >= 0.3 is 0 Å². The fraction of sp³-hybridized carbons (Fsp3) is 0.133. The van der Waals surface area contributed by atoms with Crippen LogP contribution in [0, 0.1) is 5.82 Å². The summed E-state index contributed by atoms with van der Waals surface area (Å²) in [6.07, 6.45) is 0. The number of halogens is 2. The zero-order valence-corrected chi connectivity index (χ0v) is 13.3. The predicted molar refractivity (Wildman–Crippen MR) is 88.3 cm³/mol. The summed E-state index contributed by atoms with van der Waals surface area (Å²) in [5.74, 6) is -0.266. The van der Waals surface area contributed by atoms with Gasteiger partial charge in [0.1, 0.15) is 5.82 Å². The first-order chi connectivity index (χ1) is 9.54. The van der Waals surface area contributed by atoms with Gasteiger partial charge in [0.2, 0.25) is 0 Å². The molecule has 0 saturated heterocycles.